The average molecular weight is 423 g/mol. The number of carbonyl (C=O) groups excluding carboxylic acids is 2. The van der Waals surface area contributed by atoms with Crippen molar-refractivity contribution in [1.29, 1.82) is 0 Å². The van der Waals surface area contributed by atoms with Gasteiger partial charge in [-0.1, -0.05) is 23.4 Å². The second kappa shape index (κ2) is 9.80. The third kappa shape index (κ3) is 5.63. The molecule has 0 aliphatic rings. The molecule has 31 heavy (non-hydrogen) atoms. The molecular weight excluding hydrogens is 398 g/mol. The number of amides is 2. The third-order valence-electron chi connectivity index (χ3n) is 4.75. The number of rotatable bonds is 7. The lowest BCUT2D eigenvalue weighted by Crippen LogP contribution is -2.43. The third-order valence-corrected chi connectivity index (χ3v) is 4.75. The lowest BCUT2D eigenvalue weighted by atomic mass is 10.1. The van der Waals surface area contributed by atoms with Gasteiger partial charge in [0.15, 0.2) is 6.61 Å². The van der Waals surface area contributed by atoms with Crippen molar-refractivity contribution < 1.29 is 23.6 Å². The van der Waals surface area contributed by atoms with E-state index in [0.717, 1.165) is 22.4 Å². The number of nitrogens with one attached hydrogen (secondary N) is 2. The molecule has 0 aliphatic heterocycles. The van der Waals surface area contributed by atoms with Gasteiger partial charge in [0, 0.05) is 5.56 Å². The maximum atomic E-state index is 12.2. The fourth-order valence-electron chi connectivity index (χ4n) is 2.97. The SMILES string of the molecule is Cc1cccc(C)c1OCC(=O)NNC(=O)c1ccc(OCc2c(C)noc2C)cc1. The van der Waals surface area contributed by atoms with Gasteiger partial charge in [0.05, 0.1) is 11.3 Å². The Hall–Kier alpha value is -3.81. The van der Waals surface area contributed by atoms with Crippen LogP contribution in [0.2, 0.25) is 0 Å². The van der Waals surface area contributed by atoms with Crippen molar-refractivity contribution in [1.82, 2.24) is 16.0 Å². The lowest BCUT2D eigenvalue weighted by Gasteiger charge is -2.12. The molecule has 0 atom stereocenters. The van der Waals surface area contributed by atoms with Crippen molar-refractivity contribution in [3.05, 3.63) is 76.2 Å². The number of hydrogen-bond acceptors (Lipinski definition) is 6. The number of hydrazine groups is 1. The summed E-state index contributed by atoms with van der Waals surface area (Å²) in [7, 11) is 0. The number of carbonyl (C=O) groups is 2. The number of para-hydroxylation sites is 1. The van der Waals surface area contributed by atoms with Crippen molar-refractivity contribution in [3.8, 4) is 11.5 Å². The van der Waals surface area contributed by atoms with Gasteiger partial charge in [-0.25, -0.2) is 0 Å². The molecule has 2 N–H and O–H groups in total. The first-order chi connectivity index (χ1) is 14.8. The first-order valence-electron chi connectivity index (χ1n) is 9.78. The molecule has 1 heterocycles. The summed E-state index contributed by atoms with van der Waals surface area (Å²) in [6.45, 7) is 7.61. The fourth-order valence-corrected chi connectivity index (χ4v) is 2.97. The Morgan fingerprint density at radius 3 is 2.23 bits per heavy atom. The molecule has 8 heteroatoms. The molecule has 8 nitrogen and oxygen atoms in total. The van der Waals surface area contributed by atoms with Crippen LogP contribution in [0.4, 0.5) is 0 Å². The van der Waals surface area contributed by atoms with Gasteiger partial charge in [-0.3, -0.25) is 20.4 Å². The lowest BCUT2D eigenvalue weighted by molar-refractivity contribution is -0.123. The minimum Gasteiger partial charge on any atom is -0.489 e. The van der Waals surface area contributed by atoms with Gasteiger partial charge in [0.2, 0.25) is 0 Å². The molecule has 3 aromatic rings. The van der Waals surface area contributed by atoms with Crippen LogP contribution in [-0.4, -0.2) is 23.6 Å². The molecular formula is C23H25N3O5. The zero-order chi connectivity index (χ0) is 22.4. The number of hydrogen-bond donors (Lipinski definition) is 2. The smallest absolute Gasteiger partial charge is 0.276 e. The quantitative estimate of drug-likeness (QED) is 0.565. The zero-order valence-corrected chi connectivity index (χ0v) is 17.9. The molecule has 0 unspecified atom stereocenters. The van der Waals surface area contributed by atoms with Gasteiger partial charge in [-0.2, -0.15) is 0 Å². The highest BCUT2D eigenvalue weighted by molar-refractivity contribution is 5.95. The Labute approximate surface area is 180 Å². The first-order valence-corrected chi connectivity index (χ1v) is 9.78. The Morgan fingerprint density at radius 1 is 0.935 bits per heavy atom. The van der Waals surface area contributed by atoms with E-state index in [1.54, 1.807) is 24.3 Å². The second-order valence-corrected chi connectivity index (χ2v) is 7.13. The summed E-state index contributed by atoms with van der Waals surface area (Å²) in [5, 5.41) is 3.89. The van der Waals surface area contributed by atoms with Crippen LogP contribution < -0.4 is 20.3 Å². The monoisotopic (exact) mass is 423 g/mol. The van der Waals surface area contributed by atoms with E-state index in [0.29, 0.717) is 29.4 Å². The van der Waals surface area contributed by atoms with Gasteiger partial charge < -0.3 is 14.0 Å². The van der Waals surface area contributed by atoms with Crippen LogP contribution in [0, 0.1) is 27.7 Å². The molecule has 1 aromatic heterocycles. The summed E-state index contributed by atoms with van der Waals surface area (Å²) in [4.78, 5) is 24.2. The van der Waals surface area contributed by atoms with Crippen LogP contribution in [-0.2, 0) is 11.4 Å². The highest BCUT2D eigenvalue weighted by Gasteiger charge is 2.12. The largest absolute Gasteiger partial charge is 0.489 e. The van der Waals surface area contributed by atoms with Crippen molar-refractivity contribution in [3.63, 3.8) is 0 Å². The molecule has 0 fully saturated rings. The summed E-state index contributed by atoms with van der Waals surface area (Å²) in [5.41, 5.74) is 8.65. The molecule has 2 aromatic carbocycles. The molecule has 0 radical (unpaired) electrons. The fraction of sp³-hybridized carbons (Fsp3) is 0.261. The summed E-state index contributed by atoms with van der Waals surface area (Å²) < 4.78 is 16.4. The summed E-state index contributed by atoms with van der Waals surface area (Å²) in [6, 6.07) is 12.3. The minimum atomic E-state index is -0.463. The predicted octanol–water partition coefficient (Wildman–Crippen LogP) is 3.33. The molecule has 0 spiro atoms. The average Bonchev–Trinajstić information content (AvgIpc) is 3.08. The Bertz CT molecular complexity index is 1030. The molecule has 0 bridgehead atoms. The molecule has 0 saturated carbocycles. The van der Waals surface area contributed by atoms with Crippen molar-refractivity contribution >= 4 is 11.8 Å². The van der Waals surface area contributed by atoms with Crippen molar-refractivity contribution in [2.75, 3.05) is 6.61 Å². The Balaban J connectivity index is 1.46. The normalized spacial score (nSPS) is 10.5. The molecule has 162 valence electrons. The molecule has 3 rings (SSSR count). The Morgan fingerprint density at radius 2 is 1.61 bits per heavy atom. The topological polar surface area (TPSA) is 103 Å². The van der Waals surface area contributed by atoms with E-state index in [-0.39, 0.29) is 6.61 Å². The number of aromatic nitrogens is 1. The van der Waals surface area contributed by atoms with Crippen LogP contribution in [0.1, 0.15) is 38.5 Å². The molecule has 0 saturated heterocycles. The number of benzene rings is 2. The summed E-state index contributed by atoms with van der Waals surface area (Å²) in [5.74, 6) is 1.07. The van der Waals surface area contributed by atoms with E-state index in [1.165, 1.54) is 0 Å². The maximum absolute atomic E-state index is 12.2. The summed E-state index contributed by atoms with van der Waals surface area (Å²) >= 11 is 0. The van der Waals surface area contributed by atoms with Gasteiger partial charge in [0.1, 0.15) is 23.9 Å². The minimum absolute atomic E-state index is 0.208. The van der Waals surface area contributed by atoms with Gasteiger partial charge in [-0.15, -0.1) is 0 Å². The summed E-state index contributed by atoms with van der Waals surface area (Å²) in [6.07, 6.45) is 0. The number of aryl methyl sites for hydroxylation is 4. The van der Waals surface area contributed by atoms with Gasteiger partial charge >= 0.3 is 0 Å². The van der Waals surface area contributed by atoms with Crippen molar-refractivity contribution in [2.24, 2.45) is 0 Å². The van der Waals surface area contributed by atoms with Crippen LogP contribution >= 0.6 is 0 Å². The second-order valence-electron chi connectivity index (χ2n) is 7.13. The van der Waals surface area contributed by atoms with E-state index in [9.17, 15) is 9.59 Å². The van der Waals surface area contributed by atoms with Gasteiger partial charge in [-0.05, 0) is 63.1 Å². The highest BCUT2D eigenvalue weighted by Crippen LogP contribution is 2.22. The maximum Gasteiger partial charge on any atom is 0.276 e. The standard InChI is InChI=1S/C23H25N3O5/c1-14-6-5-7-15(2)22(14)30-13-21(27)24-25-23(28)18-8-10-19(11-9-18)29-12-20-16(3)26-31-17(20)4/h5-11H,12-13H2,1-4H3,(H,24,27)(H,25,28). The van der Waals surface area contributed by atoms with Gasteiger partial charge in [0.25, 0.3) is 11.8 Å². The van der Waals surface area contributed by atoms with Crippen molar-refractivity contribution in [2.45, 2.75) is 34.3 Å². The highest BCUT2D eigenvalue weighted by atomic mass is 16.5. The molecule has 2 amide bonds. The van der Waals surface area contributed by atoms with Crippen LogP contribution in [0.15, 0.2) is 47.0 Å². The number of nitrogens with zero attached hydrogens (tertiary/aromatic N) is 1. The van der Waals surface area contributed by atoms with E-state index in [1.807, 2.05) is 45.9 Å². The number of ether oxygens (including phenoxy) is 2. The van der Waals surface area contributed by atoms with E-state index >= 15 is 0 Å². The molecule has 0 aliphatic carbocycles. The van der Waals surface area contributed by atoms with Crippen LogP contribution in [0.25, 0.3) is 0 Å². The predicted molar refractivity (Wildman–Crippen MR) is 114 cm³/mol. The van der Waals surface area contributed by atoms with E-state index < -0.39 is 11.8 Å². The van der Waals surface area contributed by atoms with Crippen LogP contribution in [0.3, 0.4) is 0 Å². The van der Waals surface area contributed by atoms with E-state index in [4.69, 9.17) is 14.0 Å². The van der Waals surface area contributed by atoms with E-state index in [2.05, 4.69) is 16.0 Å². The van der Waals surface area contributed by atoms with Crippen LogP contribution in [0.5, 0.6) is 11.5 Å². The Kier molecular flexibility index (Phi) is 6.92. The first kappa shape index (κ1) is 21.9. The zero-order valence-electron chi connectivity index (χ0n) is 17.9.